The molecular formula is H3IKNaO3S2. The fourth-order valence-corrected chi connectivity index (χ4v) is 0. The molecule has 0 fully saturated rings. The van der Waals surface area contributed by atoms with Gasteiger partial charge >= 0.3 is 80.9 Å². The molecule has 0 saturated heterocycles. The average molecular weight is 304 g/mol. The van der Waals surface area contributed by atoms with Crippen molar-refractivity contribution in [1.29, 1.82) is 0 Å². The smallest absolute Gasteiger partial charge is 1.00 e. The molecule has 8 heavy (non-hydrogen) atoms. The largest absolute Gasteiger partial charge is 1.00 e. The van der Waals surface area contributed by atoms with Gasteiger partial charge in [0.15, 0.2) is 0 Å². The van der Waals surface area contributed by atoms with Crippen molar-refractivity contribution in [2.24, 2.45) is 0 Å². The van der Waals surface area contributed by atoms with Crippen molar-refractivity contribution >= 4 is 20.2 Å². The minimum Gasteiger partial charge on any atom is -1.00 e. The molecule has 0 aliphatic carbocycles. The van der Waals surface area contributed by atoms with Crippen LogP contribution in [0.2, 0.25) is 0 Å². The number of rotatable bonds is 0. The molecule has 0 aromatic carbocycles. The van der Waals surface area contributed by atoms with Crippen LogP contribution in [-0.4, -0.2) is 13.3 Å². The van der Waals surface area contributed by atoms with E-state index >= 15 is 0 Å². The molecule has 0 radical (unpaired) electrons. The molecule has 0 aromatic heterocycles. The van der Waals surface area contributed by atoms with E-state index in [2.05, 4.69) is 11.2 Å². The summed E-state index contributed by atoms with van der Waals surface area (Å²) < 4.78 is 24.0. The molecule has 0 aromatic rings. The van der Waals surface area contributed by atoms with Crippen LogP contribution in [0.15, 0.2) is 0 Å². The van der Waals surface area contributed by atoms with Crippen molar-refractivity contribution in [1.82, 2.24) is 0 Å². The summed E-state index contributed by atoms with van der Waals surface area (Å²) in [5, 5.41) is 0. The third-order valence-electron chi connectivity index (χ3n) is 0. The minimum absolute atomic E-state index is 0. The van der Waals surface area contributed by atoms with E-state index < -0.39 is 9.05 Å². The summed E-state index contributed by atoms with van der Waals surface area (Å²) in [7, 11) is -3.83. The van der Waals surface area contributed by atoms with Gasteiger partial charge in [-0.05, 0) is 0 Å². The van der Waals surface area contributed by atoms with Crippen molar-refractivity contribution in [3.63, 3.8) is 0 Å². The predicted octanol–water partition coefficient (Wildman–Crippen LogP) is -9.20. The molecule has 0 saturated carbocycles. The van der Waals surface area contributed by atoms with Crippen molar-refractivity contribution in [3.8, 4) is 0 Å². The Balaban J connectivity index is -0.0000000133. The first-order valence-corrected chi connectivity index (χ1v) is 3.10. The molecule has 42 valence electrons. The molecule has 0 spiro atoms. The first-order valence-electron chi connectivity index (χ1n) is 0.698. The number of hydrogen-bond donors (Lipinski definition) is 2. The molecule has 0 rings (SSSR count). The molecular weight excluding hydrogens is 301 g/mol. The third-order valence-corrected chi connectivity index (χ3v) is 0. The Hall–Kier alpha value is 3.66. The van der Waals surface area contributed by atoms with Gasteiger partial charge in [-0.15, -0.1) is 0 Å². The quantitative estimate of drug-likeness (QED) is 0.345. The van der Waals surface area contributed by atoms with Crippen molar-refractivity contribution < 1.29 is 120 Å². The summed E-state index contributed by atoms with van der Waals surface area (Å²) in [5.41, 5.74) is 0. The van der Waals surface area contributed by atoms with Crippen LogP contribution >= 0.6 is 0 Å². The zero-order chi connectivity index (χ0) is 4.50. The fraction of sp³-hybridized carbons (Fsp3) is 0. The molecule has 0 atom stereocenters. The summed E-state index contributed by atoms with van der Waals surface area (Å²) in [6.45, 7) is 0. The maximum atomic E-state index is 9.11. The zero-order valence-corrected chi connectivity index (χ0v) is 13.4. The molecule has 0 heterocycles. The van der Waals surface area contributed by atoms with Crippen LogP contribution in [0.25, 0.3) is 0 Å². The van der Waals surface area contributed by atoms with Gasteiger partial charge < -0.3 is 25.4 Å². The van der Waals surface area contributed by atoms with E-state index in [0.29, 0.717) is 0 Å². The molecule has 8 heteroatoms. The normalized spacial score (nSPS) is 7.25. The summed E-state index contributed by atoms with van der Waals surface area (Å²) in [4.78, 5) is 0. The van der Waals surface area contributed by atoms with Crippen molar-refractivity contribution in [3.05, 3.63) is 0 Å². The average Bonchev–Trinajstić information content (AvgIpc) is 0.722. The van der Waals surface area contributed by atoms with Gasteiger partial charge in [-0.1, -0.05) is 0 Å². The van der Waals surface area contributed by atoms with Crippen LogP contribution in [0, 0.1) is 0 Å². The maximum absolute atomic E-state index is 9.11. The van der Waals surface area contributed by atoms with E-state index in [1.54, 1.807) is 0 Å². The van der Waals surface area contributed by atoms with Gasteiger partial charge in [-0.2, -0.15) is 4.21 Å². The second kappa shape index (κ2) is 10.7. The van der Waals surface area contributed by atoms with Crippen LogP contribution < -0.4 is 105 Å². The van der Waals surface area contributed by atoms with Crippen LogP contribution in [0.5, 0.6) is 0 Å². The molecule has 0 amide bonds. The Morgan fingerprint density at radius 2 is 1.50 bits per heavy atom. The SMILES string of the molecule is O=S(O)(O)=S.[H-].[I-].[K+].[Na+]. The van der Waals surface area contributed by atoms with Gasteiger partial charge in [0.2, 0.25) is 0 Å². The van der Waals surface area contributed by atoms with Crippen LogP contribution in [-0.2, 0) is 20.2 Å². The van der Waals surface area contributed by atoms with Crippen molar-refractivity contribution in [2.75, 3.05) is 0 Å². The van der Waals surface area contributed by atoms with E-state index in [1.807, 2.05) is 0 Å². The number of hydrogen-bond acceptors (Lipinski definition) is 2. The topological polar surface area (TPSA) is 57.5 Å². The molecule has 0 bridgehead atoms. The molecule has 3 nitrogen and oxygen atoms in total. The Morgan fingerprint density at radius 1 is 1.50 bits per heavy atom. The zero-order valence-electron chi connectivity index (χ0n) is 5.50. The third kappa shape index (κ3) is 54.1. The van der Waals surface area contributed by atoms with Gasteiger partial charge in [-0.25, -0.2) is 0 Å². The molecule has 0 unspecified atom stereocenters. The van der Waals surface area contributed by atoms with Gasteiger partial charge in [0.1, 0.15) is 0 Å². The predicted molar refractivity (Wildman–Crippen MR) is 21.9 cm³/mol. The first-order chi connectivity index (χ1) is 2.00. The Kier molecular flexibility index (Phi) is 30.1. The van der Waals surface area contributed by atoms with Gasteiger partial charge in [-0.3, -0.25) is 9.11 Å². The summed E-state index contributed by atoms with van der Waals surface area (Å²) >= 11 is 3.47. The molecule has 2 N–H and O–H groups in total. The van der Waals surface area contributed by atoms with Gasteiger partial charge in [0, 0.05) is 11.2 Å². The molecule has 0 aliphatic heterocycles. The summed E-state index contributed by atoms with van der Waals surface area (Å²) in [6.07, 6.45) is 0. The minimum atomic E-state index is -3.83. The van der Waals surface area contributed by atoms with Crippen LogP contribution in [0.4, 0.5) is 0 Å². The maximum Gasteiger partial charge on any atom is 1.00 e. The molecule has 0 aliphatic rings. The fourth-order valence-electron chi connectivity index (χ4n) is 0. The van der Waals surface area contributed by atoms with E-state index in [1.165, 1.54) is 0 Å². The second-order valence-electron chi connectivity index (χ2n) is 0.448. The Bertz CT molecular complexity index is 105. The number of halogens is 1. The Morgan fingerprint density at radius 3 is 1.50 bits per heavy atom. The first kappa shape index (κ1) is 22.6. The monoisotopic (exact) mass is 304 g/mol. The van der Waals surface area contributed by atoms with Crippen LogP contribution in [0.1, 0.15) is 1.43 Å². The van der Waals surface area contributed by atoms with Gasteiger partial charge in [0.25, 0.3) is 9.05 Å². The van der Waals surface area contributed by atoms with E-state index in [-0.39, 0.29) is 106 Å². The van der Waals surface area contributed by atoms with E-state index in [9.17, 15) is 0 Å². The van der Waals surface area contributed by atoms with E-state index in [4.69, 9.17) is 13.3 Å². The summed E-state index contributed by atoms with van der Waals surface area (Å²) in [5.74, 6) is 0. The van der Waals surface area contributed by atoms with Crippen molar-refractivity contribution in [2.45, 2.75) is 0 Å². The van der Waals surface area contributed by atoms with Crippen LogP contribution in [0.3, 0.4) is 0 Å². The Labute approximate surface area is 136 Å². The van der Waals surface area contributed by atoms with E-state index in [0.717, 1.165) is 0 Å². The summed E-state index contributed by atoms with van der Waals surface area (Å²) in [6, 6.07) is 0. The standard InChI is InChI=1S/HI.K.Na.H2O3S2.H/c;;;1-5(2,3)4;/h1H;;;(H2,1,2,3,4);/q;2*+1;;-1/p-1. The van der Waals surface area contributed by atoms with Gasteiger partial charge in [0.05, 0.1) is 0 Å². The second-order valence-corrected chi connectivity index (χ2v) is 2.65.